The summed E-state index contributed by atoms with van der Waals surface area (Å²) in [5, 5.41) is 9.30. The van der Waals surface area contributed by atoms with Crippen LogP contribution in [-0.4, -0.2) is 29.8 Å². The number of fused-ring (bicyclic) bond motifs is 1. The third-order valence-electron chi connectivity index (χ3n) is 3.64. The lowest BCUT2D eigenvalue weighted by Gasteiger charge is -2.34. The van der Waals surface area contributed by atoms with Crippen LogP contribution in [-0.2, 0) is 0 Å². The van der Waals surface area contributed by atoms with E-state index < -0.39 is 0 Å². The monoisotopic (exact) mass is 263 g/mol. The Morgan fingerprint density at radius 2 is 2.39 bits per heavy atom. The second-order valence-corrected chi connectivity index (χ2v) is 5.72. The van der Waals surface area contributed by atoms with Crippen molar-refractivity contribution in [3.8, 4) is 0 Å². The van der Waals surface area contributed by atoms with E-state index in [-0.39, 0.29) is 6.61 Å². The minimum absolute atomic E-state index is 0.259. The number of nitrogens with two attached hydrogens (primary N) is 1. The summed E-state index contributed by atoms with van der Waals surface area (Å²) >= 11 is 1.61. The molecule has 96 valence electrons. The summed E-state index contributed by atoms with van der Waals surface area (Å²) < 4.78 is 1.13. The molecule has 4 nitrogen and oxygen atoms in total. The molecule has 2 heterocycles. The number of rotatable bonds is 2. The predicted octanol–water partition coefficient (Wildman–Crippen LogP) is 2.09. The molecule has 0 spiro atoms. The first-order valence-corrected chi connectivity index (χ1v) is 7.15. The van der Waals surface area contributed by atoms with Crippen molar-refractivity contribution in [1.29, 1.82) is 0 Å². The summed E-state index contributed by atoms with van der Waals surface area (Å²) in [4.78, 5) is 6.61. The predicted molar refractivity (Wildman–Crippen MR) is 76.1 cm³/mol. The fraction of sp³-hybridized carbons (Fsp3) is 0.462. The summed E-state index contributed by atoms with van der Waals surface area (Å²) in [6, 6.07) is 4.16. The second kappa shape index (κ2) is 4.74. The highest BCUT2D eigenvalue weighted by atomic mass is 32.1. The second-order valence-electron chi connectivity index (χ2n) is 4.83. The van der Waals surface area contributed by atoms with Crippen molar-refractivity contribution in [3.05, 3.63) is 17.6 Å². The zero-order valence-electron chi connectivity index (χ0n) is 10.2. The van der Waals surface area contributed by atoms with Gasteiger partial charge in [0.15, 0.2) is 0 Å². The molecule has 1 fully saturated rings. The van der Waals surface area contributed by atoms with Crippen LogP contribution in [0.5, 0.6) is 0 Å². The summed E-state index contributed by atoms with van der Waals surface area (Å²) in [6.07, 6.45) is 2.21. The Labute approximate surface area is 110 Å². The number of nitrogens with zero attached hydrogens (tertiary/aromatic N) is 2. The number of piperidine rings is 1. The molecule has 0 saturated carbocycles. The quantitative estimate of drug-likeness (QED) is 0.814. The molecule has 1 atom stereocenters. The Balaban J connectivity index is 1.95. The summed E-state index contributed by atoms with van der Waals surface area (Å²) in [5.74, 6) is 0.365. The number of thiazole rings is 1. The SMILES string of the molecule is Nc1c(N2CCCC(CO)C2)ccc2scnc12. The number of aromatic nitrogens is 1. The molecule has 1 unspecified atom stereocenters. The molecule has 2 aromatic rings. The molecule has 5 heteroatoms. The molecule has 0 bridgehead atoms. The minimum Gasteiger partial charge on any atom is -0.396 e. The van der Waals surface area contributed by atoms with Gasteiger partial charge >= 0.3 is 0 Å². The fourth-order valence-electron chi connectivity index (χ4n) is 2.65. The fourth-order valence-corrected chi connectivity index (χ4v) is 3.34. The Bertz CT molecular complexity index is 554. The third kappa shape index (κ3) is 1.93. The average molecular weight is 263 g/mol. The molecule has 18 heavy (non-hydrogen) atoms. The van der Waals surface area contributed by atoms with Gasteiger partial charge in [-0.1, -0.05) is 0 Å². The number of hydrogen-bond donors (Lipinski definition) is 2. The molecule has 3 rings (SSSR count). The van der Waals surface area contributed by atoms with Gasteiger partial charge in [-0.15, -0.1) is 11.3 Å². The lowest BCUT2D eigenvalue weighted by Crippen LogP contribution is -2.37. The molecule has 1 aromatic carbocycles. The number of aliphatic hydroxyl groups excluding tert-OH is 1. The summed E-state index contributed by atoms with van der Waals surface area (Å²) in [7, 11) is 0. The minimum atomic E-state index is 0.259. The van der Waals surface area contributed by atoms with Crippen molar-refractivity contribution in [1.82, 2.24) is 4.98 Å². The standard InChI is InChI=1S/C13H17N3OS/c14-12-10(3-4-11-13(12)15-8-18-11)16-5-1-2-9(6-16)7-17/h3-4,8-9,17H,1-2,5-7,14H2. The number of benzene rings is 1. The van der Waals surface area contributed by atoms with Crippen LogP contribution in [0.1, 0.15) is 12.8 Å². The Kier molecular flexibility index (Phi) is 3.09. The van der Waals surface area contributed by atoms with E-state index in [2.05, 4.69) is 22.0 Å². The smallest absolute Gasteiger partial charge is 0.106 e. The maximum absolute atomic E-state index is 9.30. The topological polar surface area (TPSA) is 62.4 Å². The first kappa shape index (κ1) is 11.7. The molecule has 1 aliphatic rings. The van der Waals surface area contributed by atoms with E-state index >= 15 is 0 Å². The van der Waals surface area contributed by atoms with E-state index in [0.717, 1.165) is 47.5 Å². The van der Waals surface area contributed by atoms with Gasteiger partial charge in [0.2, 0.25) is 0 Å². The number of aliphatic hydroxyl groups is 1. The van der Waals surface area contributed by atoms with E-state index in [1.54, 1.807) is 11.3 Å². The van der Waals surface area contributed by atoms with Crippen LogP contribution >= 0.6 is 11.3 Å². The van der Waals surface area contributed by atoms with Crippen molar-refractivity contribution >= 4 is 32.9 Å². The maximum Gasteiger partial charge on any atom is 0.106 e. The lowest BCUT2D eigenvalue weighted by atomic mass is 9.98. The molecule has 0 amide bonds. The van der Waals surface area contributed by atoms with Crippen molar-refractivity contribution in [2.75, 3.05) is 30.3 Å². The molecule has 1 aliphatic heterocycles. The largest absolute Gasteiger partial charge is 0.396 e. The highest BCUT2D eigenvalue weighted by Gasteiger charge is 2.21. The van der Waals surface area contributed by atoms with Gasteiger partial charge in [0.1, 0.15) is 5.52 Å². The van der Waals surface area contributed by atoms with Crippen LogP contribution in [0, 0.1) is 5.92 Å². The average Bonchev–Trinajstić information content (AvgIpc) is 2.88. The van der Waals surface area contributed by atoms with Gasteiger partial charge in [0, 0.05) is 19.7 Å². The van der Waals surface area contributed by atoms with Crippen LogP contribution < -0.4 is 10.6 Å². The van der Waals surface area contributed by atoms with Gasteiger partial charge in [-0.05, 0) is 30.9 Å². The van der Waals surface area contributed by atoms with Crippen LogP contribution in [0.3, 0.4) is 0 Å². The van der Waals surface area contributed by atoms with Crippen LogP contribution in [0.25, 0.3) is 10.2 Å². The lowest BCUT2D eigenvalue weighted by molar-refractivity contribution is 0.209. The normalized spacial score (nSPS) is 20.5. The number of hydrogen-bond acceptors (Lipinski definition) is 5. The van der Waals surface area contributed by atoms with Gasteiger partial charge in [0.05, 0.1) is 21.6 Å². The summed E-state index contributed by atoms with van der Waals surface area (Å²) in [5.41, 5.74) is 10.8. The molecule has 0 radical (unpaired) electrons. The highest BCUT2D eigenvalue weighted by molar-refractivity contribution is 7.16. The number of nitrogen functional groups attached to an aromatic ring is 1. The molecule has 1 saturated heterocycles. The van der Waals surface area contributed by atoms with Crippen molar-refractivity contribution in [2.24, 2.45) is 5.92 Å². The molecular weight excluding hydrogens is 246 g/mol. The van der Waals surface area contributed by atoms with Crippen molar-refractivity contribution in [3.63, 3.8) is 0 Å². The first-order valence-electron chi connectivity index (χ1n) is 6.27. The van der Waals surface area contributed by atoms with E-state index in [1.165, 1.54) is 0 Å². The van der Waals surface area contributed by atoms with Gasteiger partial charge in [-0.25, -0.2) is 4.98 Å². The van der Waals surface area contributed by atoms with E-state index in [0.29, 0.717) is 5.92 Å². The molecule has 0 aliphatic carbocycles. The van der Waals surface area contributed by atoms with Crippen molar-refractivity contribution < 1.29 is 5.11 Å². The zero-order valence-corrected chi connectivity index (χ0v) is 11.0. The van der Waals surface area contributed by atoms with E-state index in [4.69, 9.17) is 5.73 Å². The van der Waals surface area contributed by atoms with Gasteiger partial charge in [-0.3, -0.25) is 0 Å². The molecule has 1 aromatic heterocycles. The van der Waals surface area contributed by atoms with Gasteiger partial charge in [0.25, 0.3) is 0 Å². The Hall–Kier alpha value is -1.33. The molecule has 3 N–H and O–H groups in total. The first-order chi connectivity index (χ1) is 8.79. The van der Waals surface area contributed by atoms with E-state index in [9.17, 15) is 5.11 Å². The van der Waals surface area contributed by atoms with Crippen LogP contribution in [0.2, 0.25) is 0 Å². The Morgan fingerprint density at radius 3 is 3.22 bits per heavy atom. The molecular formula is C13H17N3OS. The van der Waals surface area contributed by atoms with Gasteiger partial charge in [-0.2, -0.15) is 0 Å². The maximum atomic E-state index is 9.30. The summed E-state index contributed by atoms with van der Waals surface area (Å²) in [6.45, 7) is 2.15. The van der Waals surface area contributed by atoms with Crippen LogP contribution in [0.15, 0.2) is 17.6 Å². The Morgan fingerprint density at radius 1 is 1.50 bits per heavy atom. The number of anilines is 2. The van der Waals surface area contributed by atoms with Crippen molar-refractivity contribution in [2.45, 2.75) is 12.8 Å². The highest BCUT2D eigenvalue weighted by Crippen LogP contribution is 2.34. The van der Waals surface area contributed by atoms with Crippen LogP contribution in [0.4, 0.5) is 11.4 Å². The third-order valence-corrected chi connectivity index (χ3v) is 4.43. The zero-order chi connectivity index (χ0) is 12.5. The van der Waals surface area contributed by atoms with Gasteiger partial charge < -0.3 is 15.7 Å². The van der Waals surface area contributed by atoms with E-state index in [1.807, 2.05) is 5.51 Å².